The zero-order valence-electron chi connectivity index (χ0n) is 6.05. The van der Waals surface area contributed by atoms with E-state index in [1.54, 1.807) is 0 Å². The maximum atomic E-state index is 5.93. The van der Waals surface area contributed by atoms with Crippen molar-refractivity contribution in [3.05, 3.63) is 30.3 Å². The molecule has 0 radical (unpaired) electrons. The third-order valence-electron chi connectivity index (χ3n) is 1.37. The van der Waals surface area contributed by atoms with Crippen molar-refractivity contribution >= 4 is 34.3 Å². The fourth-order valence-electron chi connectivity index (χ4n) is 0.750. The highest BCUT2D eigenvalue weighted by Crippen LogP contribution is 2.14. The van der Waals surface area contributed by atoms with E-state index in [4.69, 9.17) is 26.6 Å². The highest BCUT2D eigenvalue weighted by atomic mass is 35.7. The molecule has 0 aliphatic carbocycles. The molecule has 11 heavy (non-hydrogen) atoms. The first-order chi connectivity index (χ1) is 5.17. The molecule has 0 fully saturated rings. The summed E-state index contributed by atoms with van der Waals surface area (Å²) in [4.78, 5) is 0. The second-order valence-electron chi connectivity index (χ2n) is 2.09. The highest BCUT2D eigenvalue weighted by molar-refractivity contribution is 7.47. The topological polar surface area (TPSA) is 9.23 Å². The fraction of sp³-hybridized carbons (Fsp3) is 0.143. The number of benzene rings is 1. The van der Waals surface area contributed by atoms with Gasteiger partial charge in [-0.2, -0.15) is 0 Å². The highest BCUT2D eigenvalue weighted by Gasteiger charge is 2.31. The number of hydrogen-bond acceptors (Lipinski definition) is 1. The summed E-state index contributed by atoms with van der Waals surface area (Å²) in [6.45, 7) is -2.61. The zero-order valence-corrected chi connectivity index (χ0v) is 8.56. The Kier molecular flexibility index (Phi) is 2.95. The van der Waals surface area contributed by atoms with E-state index in [1.165, 1.54) is 7.11 Å². The second-order valence-corrected chi connectivity index (χ2v) is 7.88. The molecule has 0 bridgehead atoms. The molecule has 1 aromatic rings. The van der Waals surface area contributed by atoms with E-state index < -0.39 is 6.94 Å². The van der Waals surface area contributed by atoms with Gasteiger partial charge in [0.25, 0.3) is 0 Å². The van der Waals surface area contributed by atoms with Crippen LogP contribution in [0.3, 0.4) is 0 Å². The number of halogens is 2. The van der Waals surface area contributed by atoms with Crippen molar-refractivity contribution in [1.82, 2.24) is 0 Å². The smallest absolute Gasteiger partial charge is 0.392 e. The van der Waals surface area contributed by atoms with Crippen LogP contribution < -0.4 is 5.19 Å². The van der Waals surface area contributed by atoms with E-state index >= 15 is 0 Å². The van der Waals surface area contributed by atoms with Gasteiger partial charge in [-0.15, -0.1) is 22.2 Å². The molecule has 60 valence electrons. The normalized spacial score (nSPS) is 11.5. The maximum Gasteiger partial charge on any atom is 0.423 e. The van der Waals surface area contributed by atoms with Gasteiger partial charge < -0.3 is 4.43 Å². The molecule has 0 unspecified atom stereocenters. The fourth-order valence-corrected chi connectivity index (χ4v) is 2.32. The van der Waals surface area contributed by atoms with Gasteiger partial charge in [-0.05, 0) is 5.19 Å². The lowest BCUT2D eigenvalue weighted by molar-refractivity contribution is 0.437. The summed E-state index contributed by atoms with van der Waals surface area (Å²) in [5.41, 5.74) is 0. The Balaban J connectivity index is 2.93. The van der Waals surface area contributed by atoms with Crippen molar-refractivity contribution in [2.24, 2.45) is 0 Å². The van der Waals surface area contributed by atoms with E-state index in [-0.39, 0.29) is 0 Å². The standard InChI is InChI=1S/C7H8Cl2OSi/c1-10-11(8,9)7-5-3-2-4-6-7/h2-6H,1H3. The monoisotopic (exact) mass is 206 g/mol. The lowest BCUT2D eigenvalue weighted by Gasteiger charge is -2.13. The molecule has 0 saturated heterocycles. The molecule has 0 heterocycles. The molecule has 4 heteroatoms. The third-order valence-corrected chi connectivity index (χ3v) is 5.12. The van der Waals surface area contributed by atoms with Crippen LogP contribution in [0.25, 0.3) is 0 Å². The van der Waals surface area contributed by atoms with Crippen molar-refractivity contribution in [2.45, 2.75) is 0 Å². The minimum Gasteiger partial charge on any atom is -0.392 e. The van der Waals surface area contributed by atoms with Crippen LogP contribution in [0.2, 0.25) is 0 Å². The van der Waals surface area contributed by atoms with Crippen molar-refractivity contribution < 1.29 is 4.43 Å². The van der Waals surface area contributed by atoms with Gasteiger partial charge >= 0.3 is 6.94 Å². The molecule has 0 amide bonds. The summed E-state index contributed by atoms with van der Waals surface area (Å²) in [7, 11) is 1.53. The van der Waals surface area contributed by atoms with Crippen LogP contribution in [0.4, 0.5) is 0 Å². The Hall–Kier alpha value is -0.0231. The van der Waals surface area contributed by atoms with Crippen molar-refractivity contribution in [3.8, 4) is 0 Å². The molecule has 0 atom stereocenters. The molecule has 0 spiro atoms. The number of hydrogen-bond donors (Lipinski definition) is 0. The summed E-state index contributed by atoms with van der Waals surface area (Å²) >= 11 is 11.9. The van der Waals surface area contributed by atoms with Crippen molar-refractivity contribution in [2.75, 3.05) is 7.11 Å². The van der Waals surface area contributed by atoms with Crippen LogP contribution >= 0.6 is 22.2 Å². The molecular formula is C7H8Cl2OSi. The Morgan fingerprint density at radius 3 is 2.18 bits per heavy atom. The molecule has 0 N–H and O–H groups in total. The third kappa shape index (κ3) is 2.20. The maximum absolute atomic E-state index is 5.93. The zero-order chi connectivity index (χ0) is 8.32. The van der Waals surface area contributed by atoms with Gasteiger partial charge in [0.15, 0.2) is 0 Å². The van der Waals surface area contributed by atoms with E-state index in [2.05, 4.69) is 0 Å². The van der Waals surface area contributed by atoms with Gasteiger partial charge in [0.1, 0.15) is 0 Å². The van der Waals surface area contributed by atoms with Gasteiger partial charge in [0.2, 0.25) is 0 Å². The Morgan fingerprint density at radius 1 is 1.18 bits per heavy atom. The predicted octanol–water partition coefficient (Wildman–Crippen LogP) is 1.96. The van der Waals surface area contributed by atoms with Crippen LogP contribution in [-0.4, -0.2) is 14.0 Å². The molecule has 1 aromatic carbocycles. The largest absolute Gasteiger partial charge is 0.423 e. The minimum absolute atomic E-state index is 0.880. The van der Waals surface area contributed by atoms with Gasteiger partial charge in [0, 0.05) is 7.11 Å². The average Bonchev–Trinajstić information content (AvgIpc) is 2.06. The Labute approximate surface area is 76.4 Å². The summed E-state index contributed by atoms with van der Waals surface area (Å²) < 4.78 is 4.99. The predicted molar refractivity (Wildman–Crippen MR) is 50.5 cm³/mol. The van der Waals surface area contributed by atoms with Gasteiger partial charge in [-0.3, -0.25) is 0 Å². The van der Waals surface area contributed by atoms with E-state index in [0.717, 1.165) is 5.19 Å². The van der Waals surface area contributed by atoms with Crippen LogP contribution in [0.15, 0.2) is 30.3 Å². The molecule has 0 saturated carbocycles. The molecule has 0 aliphatic heterocycles. The quantitative estimate of drug-likeness (QED) is 0.532. The molecule has 0 aromatic heterocycles. The first-order valence-corrected chi connectivity index (χ1v) is 7.08. The first kappa shape index (κ1) is 9.07. The summed E-state index contributed by atoms with van der Waals surface area (Å²) in [6, 6.07) is 9.44. The molecule has 0 aliphatic rings. The van der Waals surface area contributed by atoms with Crippen LogP contribution in [0, 0.1) is 0 Å². The summed E-state index contributed by atoms with van der Waals surface area (Å²) in [6.07, 6.45) is 0. The van der Waals surface area contributed by atoms with Crippen molar-refractivity contribution in [3.63, 3.8) is 0 Å². The van der Waals surface area contributed by atoms with Crippen molar-refractivity contribution in [1.29, 1.82) is 0 Å². The Bertz CT molecular complexity index is 225. The molecule has 1 rings (SSSR count). The first-order valence-electron chi connectivity index (χ1n) is 3.15. The number of rotatable bonds is 2. The van der Waals surface area contributed by atoms with Gasteiger partial charge in [-0.25, -0.2) is 0 Å². The van der Waals surface area contributed by atoms with Crippen LogP contribution in [0.1, 0.15) is 0 Å². The van der Waals surface area contributed by atoms with Gasteiger partial charge in [-0.1, -0.05) is 30.3 Å². The molecular weight excluding hydrogens is 199 g/mol. The summed E-state index contributed by atoms with van der Waals surface area (Å²) in [5.74, 6) is 0. The minimum atomic E-state index is -2.61. The Morgan fingerprint density at radius 2 is 1.73 bits per heavy atom. The molecule has 1 nitrogen and oxygen atoms in total. The van der Waals surface area contributed by atoms with Crippen LogP contribution in [0.5, 0.6) is 0 Å². The van der Waals surface area contributed by atoms with E-state index in [1.807, 2.05) is 30.3 Å². The average molecular weight is 207 g/mol. The van der Waals surface area contributed by atoms with E-state index in [9.17, 15) is 0 Å². The van der Waals surface area contributed by atoms with E-state index in [0.29, 0.717) is 0 Å². The lowest BCUT2D eigenvalue weighted by atomic mass is 10.4. The lowest BCUT2D eigenvalue weighted by Crippen LogP contribution is -2.38. The second kappa shape index (κ2) is 3.58. The SMILES string of the molecule is CO[Si](Cl)(Cl)c1ccccc1. The van der Waals surface area contributed by atoms with Crippen LogP contribution in [-0.2, 0) is 4.43 Å². The van der Waals surface area contributed by atoms with Gasteiger partial charge in [0.05, 0.1) is 0 Å². The summed E-state index contributed by atoms with van der Waals surface area (Å²) in [5, 5.41) is 0.880.